The summed E-state index contributed by atoms with van der Waals surface area (Å²) in [5.41, 5.74) is 3.66. The maximum atomic E-state index is 13.5. The molecule has 24 heavy (non-hydrogen) atoms. The number of hydrogen-bond acceptors (Lipinski definition) is 3. The van der Waals surface area contributed by atoms with Gasteiger partial charge >= 0.3 is 0 Å². The lowest BCUT2D eigenvalue weighted by atomic mass is 10.2. The van der Waals surface area contributed by atoms with Gasteiger partial charge in [-0.25, -0.2) is 4.39 Å². The van der Waals surface area contributed by atoms with E-state index in [1.165, 1.54) is 23.9 Å². The Labute approximate surface area is 144 Å². The number of carbonyl (C=O) groups is 1. The van der Waals surface area contributed by atoms with Gasteiger partial charge in [0, 0.05) is 31.2 Å². The van der Waals surface area contributed by atoms with Gasteiger partial charge in [0.2, 0.25) is 0 Å². The number of halogens is 1. The molecule has 1 aromatic heterocycles. The first-order chi connectivity index (χ1) is 11.4. The third kappa shape index (κ3) is 2.78. The van der Waals surface area contributed by atoms with Crippen LogP contribution < -0.4 is 0 Å². The molecule has 0 radical (unpaired) electrons. The van der Waals surface area contributed by atoms with Crippen molar-refractivity contribution in [3.05, 3.63) is 58.0 Å². The minimum absolute atomic E-state index is 0.0591. The molecule has 0 spiro atoms. The first-order valence-corrected chi connectivity index (χ1v) is 8.33. The Hall–Kier alpha value is -2.34. The minimum Gasteiger partial charge on any atom is -0.318 e. The molecule has 1 saturated heterocycles. The lowest BCUT2D eigenvalue weighted by Gasteiger charge is -2.09. The summed E-state index contributed by atoms with van der Waals surface area (Å²) in [4.78, 5) is 18.6. The monoisotopic (exact) mass is 343 g/mol. The quantitative estimate of drug-likeness (QED) is 0.779. The van der Waals surface area contributed by atoms with Gasteiger partial charge in [0.25, 0.3) is 5.91 Å². The smallest absolute Gasteiger partial charge is 0.266 e. The Bertz CT molecular complexity index is 882. The van der Waals surface area contributed by atoms with Gasteiger partial charge in [0.15, 0.2) is 5.17 Å². The number of aromatic nitrogens is 1. The number of carbonyl (C=O) groups excluding carboxylic acids is 1. The highest BCUT2D eigenvalue weighted by Gasteiger charge is 2.30. The Morgan fingerprint density at radius 3 is 2.62 bits per heavy atom. The lowest BCUT2D eigenvalue weighted by molar-refractivity contribution is -0.121. The molecule has 6 heteroatoms. The van der Waals surface area contributed by atoms with E-state index in [1.54, 1.807) is 25.1 Å². The van der Waals surface area contributed by atoms with E-state index in [0.717, 1.165) is 22.6 Å². The van der Waals surface area contributed by atoms with E-state index in [9.17, 15) is 9.18 Å². The zero-order valence-electron chi connectivity index (χ0n) is 14.0. The van der Waals surface area contributed by atoms with Gasteiger partial charge in [-0.05, 0) is 61.5 Å². The van der Waals surface area contributed by atoms with Crippen LogP contribution in [-0.4, -0.2) is 34.6 Å². The minimum atomic E-state index is -0.271. The van der Waals surface area contributed by atoms with Crippen LogP contribution in [0.5, 0.6) is 0 Å². The topological polar surface area (TPSA) is 37.6 Å². The molecular formula is C18H18FN3OS. The number of amides is 1. The van der Waals surface area contributed by atoms with E-state index in [1.807, 2.05) is 36.6 Å². The Balaban J connectivity index is 2.05. The second-order valence-electron chi connectivity index (χ2n) is 5.62. The average Bonchev–Trinajstić information content (AvgIpc) is 2.98. The zero-order valence-corrected chi connectivity index (χ0v) is 14.8. The van der Waals surface area contributed by atoms with E-state index in [-0.39, 0.29) is 11.7 Å². The molecule has 1 aliphatic rings. The summed E-state index contributed by atoms with van der Waals surface area (Å²) in [6, 6.07) is 8.49. The van der Waals surface area contributed by atoms with Crippen molar-refractivity contribution < 1.29 is 9.18 Å². The van der Waals surface area contributed by atoms with E-state index < -0.39 is 0 Å². The third-order valence-electron chi connectivity index (χ3n) is 4.02. The second-order valence-corrected chi connectivity index (χ2v) is 6.63. The molecule has 4 nitrogen and oxygen atoms in total. The van der Waals surface area contributed by atoms with Crippen LogP contribution in [0.25, 0.3) is 11.8 Å². The van der Waals surface area contributed by atoms with Crippen molar-refractivity contribution in [2.75, 3.05) is 14.1 Å². The molecule has 0 unspecified atom stereocenters. The van der Waals surface area contributed by atoms with Crippen molar-refractivity contribution in [1.29, 1.82) is 0 Å². The summed E-state index contributed by atoms with van der Waals surface area (Å²) in [7, 11) is 3.39. The van der Waals surface area contributed by atoms with Crippen LogP contribution in [0.3, 0.4) is 0 Å². The second kappa shape index (κ2) is 6.28. The van der Waals surface area contributed by atoms with Crippen LogP contribution in [0.4, 0.5) is 4.39 Å². The lowest BCUT2D eigenvalue weighted by Crippen LogP contribution is -2.23. The third-order valence-corrected chi connectivity index (χ3v) is 5.17. The molecule has 1 aromatic carbocycles. The van der Waals surface area contributed by atoms with E-state index in [4.69, 9.17) is 0 Å². The van der Waals surface area contributed by atoms with E-state index in [0.29, 0.717) is 10.1 Å². The number of nitrogens with zero attached hydrogens (tertiary/aromatic N) is 3. The summed E-state index contributed by atoms with van der Waals surface area (Å²) in [6.07, 6.45) is 1.87. The Morgan fingerprint density at radius 2 is 2.00 bits per heavy atom. The SMILES string of the molecule is CN=C1S/C(=C\c2cc(C)n(-c3cccc(F)c3)c2C)C(=O)N1C. The first-order valence-electron chi connectivity index (χ1n) is 7.51. The fourth-order valence-electron chi connectivity index (χ4n) is 2.84. The molecule has 0 N–H and O–H groups in total. The van der Waals surface area contributed by atoms with E-state index >= 15 is 0 Å². The number of hydrogen-bond donors (Lipinski definition) is 0. The number of rotatable bonds is 2. The fraction of sp³-hybridized carbons (Fsp3) is 0.222. The number of benzene rings is 1. The molecule has 2 aromatic rings. The predicted octanol–water partition coefficient (Wildman–Crippen LogP) is 3.77. The number of likely N-dealkylation sites (N-methyl/N-ethyl adjacent to an activating group) is 1. The standard InChI is InChI=1S/C18H18FN3OS/c1-11-8-13(9-16-17(23)21(4)18(20-3)24-16)12(2)22(11)15-7-5-6-14(19)10-15/h5-10H,1-4H3/b16-9-,20-18?. The summed E-state index contributed by atoms with van der Waals surface area (Å²) < 4.78 is 15.5. The normalized spacial score (nSPS) is 18.2. The first kappa shape index (κ1) is 16.5. The highest BCUT2D eigenvalue weighted by Crippen LogP contribution is 2.33. The van der Waals surface area contributed by atoms with Crippen LogP contribution >= 0.6 is 11.8 Å². The largest absolute Gasteiger partial charge is 0.318 e. The van der Waals surface area contributed by atoms with Crippen molar-refractivity contribution in [3.8, 4) is 5.69 Å². The van der Waals surface area contributed by atoms with Gasteiger partial charge in [-0.15, -0.1) is 0 Å². The van der Waals surface area contributed by atoms with Crippen molar-refractivity contribution in [3.63, 3.8) is 0 Å². The van der Waals surface area contributed by atoms with Crippen molar-refractivity contribution in [2.45, 2.75) is 13.8 Å². The molecule has 0 saturated carbocycles. The summed E-state index contributed by atoms with van der Waals surface area (Å²) in [6.45, 7) is 3.93. The van der Waals surface area contributed by atoms with Crippen molar-refractivity contribution in [2.24, 2.45) is 4.99 Å². The summed E-state index contributed by atoms with van der Waals surface area (Å²) in [5.74, 6) is -0.331. The van der Waals surface area contributed by atoms with Gasteiger partial charge in [0.05, 0.1) is 4.91 Å². The van der Waals surface area contributed by atoms with Crippen molar-refractivity contribution >= 4 is 28.9 Å². The number of aliphatic imine (C=N–C) groups is 1. The van der Waals surface area contributed by atoms with Crippen LogP contribution in [0.15, 0.2) is 40.2 Å². The number of aryl methyl sites for hydroxylation is 1. The van der Waals surface area contributed by atoms with Crippen molar-refractivity contribution in [1.82, 2.24) is 9.47 Å². The maximum Gasteiger partial charge on any atom is 0.266 e. The fourth-order valence-corrected chi connectivity index (χ4v) is 3.75. The Morgan fingerprint density at radius 1 is 1.25 bits per heavy atom. The van der Waals surface area contributed by atoms with Gasteiger partial charge in [-0.2, -0.15) is 0 Å². The van der Waals surface area contributed by atoms with Crippen LogP contribution in [0.2, 0.25) is 0 Å². The van der Waals surface area contributed by atoms with Crippen LogP contribution in [-0.2, 0) is 4.79 Å². The molecule has 0 bridgehead atoms. The Kier molecular flexibility index (Phi) is 4.32. The molecule has 1 aliphatic heterocycles. The molecule has 3 rings (SSSR count). The molecule has 1 amide bonds. The average molecular weight is 343 g/mol. The summed E-state index contributed by atoms with van der Waals surface area (Å²) >= 11 is 1.36. The van der Waals surface area contributed by atoms with Gasteiger partial charge in [0.1, 0.15) is 5.82 Å². The van der Waals surface area contributed by atoms with Gasteiger partial charge < -0.3 is 4.57 Å². The number of thioether (sulfide) groups is 1. The molecule has 2 heterocycles. The molecule has 0 aliphatic carbocycles. The van der Waals surface area contributed by atoms with E-state index in [2.05, 4.69) is 4.99 Å². The predicted molar refractivity (Wildman–Crippen MR) is 96.9 cm³/mol. The molecular weight excluding hydrogens is 325 g/mol. The molecule has 1 fully saturated rings. The molecule has 0 atom stereocenters. The van der Waals surface area contributed by atoms with Crippen LogP contribution in [0.1, 0.15) is 17.0 Å². The molecule has 124 valence electrons. The van der Waals surface area contributed by atoms with Gasteiger partial charge in [-0.1, -0.05) is 6.07 Å². The highest BCUT2D eigenvalue weighted by molar-refractivity contribution is 8.18. The summed E-state index contributed by atoms with van der Waals surface area (Å²) in [5, 5.41) is 0.685. The zero-order chi connectivity index (χ0) is 17.4. The number of amidine groups is 1. The van der Waals surface area contributed by atoms with Crippen LogP contribution in [0, 0.1) is 19.7 Å². The van der Waals surface area contributed by atoms with Gasteiger partial charge in [-0.3, -0.25) is 14.7 Å². The maximum absolute atomic E-state index is 13.5. The highest BCUT2D eigenvalue weighted by atomic mass is 32.2.